The third-order valence-electron chi connectivity index (χ3n) is 2.97. The molecular formula is C14H17N3O3. The highest BCUT2D eigenvalue weighted by Gasteiger charge is 2.34. The Morgan fingerprint density at radius 1 is 1.40 bits per heavy atom. The number of ketones is 1. The Morgan fingerprint density at radius 3 is 2.70 bits per heavy atom. The topological polar surface area (TPSA) is 71.0 Å². The van der Waals surface area contributed by atoms with Crippen molar-refractivity contribution in [1.29, 1.82) is 0 Å². The summed E-state index contributed by atoms with van der Waals surface area (Å²) < 4.78 is 0. The molecule has 0 saturated heterocycles. The van der Waals surface area contributed by atoms with Gasteiger partial charge in [-0.2, -0.15) is 5.10 Å². The number of Topliss-reactive ketones (excluding diaryl/α,β-unsaturated/α-hetero) is 1. The van der Waals surface area contributed by atoms with Gasteiger partial charge in [-0.15, -0.1) is 0 Å². The molecule has 0 saturated carbocycles. The fourth-order valence-corrected chi connectivity index (χ4v) is 1.98. The molecule has 0 aromatic heterocycles. The third kappa shape index (κ3) is 3.03. The number of carbonyl (C=O) groups is 2. The predicted octanol–water partition coefficient (Wildman–Crippen LogP) is 1.28. The van der Waals surface area contributed by atoms with Gasteiger partial charge in [-0.05, 0) is 26.0 Å². The highest BCUT2D eigenvalue weighted by Crippen LogP contribution is 2.24. The van der Waals surface area contributed by atoms with Gasteiger partial charge in [-0.25, -0.2) is 5.48 Å². The predicted molar refractivity (Wildman–Crippen MR) is 75.2 cm³/mol. The second kappa shape index (κ2) is 6.29. The second-order valence-electron chi connectivity index (χ2n) is 4.42. The lowest BCUT2D eigenvalue weighted by molar-refractivity contribution is -0.126. The summed E-state index contributed by atoms with van der Waals surface area (Å²) in [5.74, 6) is -0.437. The molecule has 1 aromatic carbocycles. The van der Waals surface area contributed by atoms with E-state index in [0.717, 1.165) is 5.69 Å². The van der Waals surface area contributed by atoms with E-state index in [2.05, 4.69) is 10.6 Å². The van der Waals surface area contributed by atoms with Gasteiger partial charge in [0.25, 0.3) is 5.91 Å². The van der Waals surface area contributed by atoms with Crippen molar-refractivity contribution in [2.45, 2.75) is 26.3 Å². The minimum Gasteiger partial charge on any atom is -0.298 e. The number of hydrogen-bond donors (Lipinski definition) is 1. The van der Waals surface area contributed by atoms with Gasteiger partial charge < -0.3 is 0 Å². The molecule has 6 nitrogen and oxygen atoms in total. The van der Waals surface area contributed by atoms with Gasteiger partial charge in [0.2, 0.25) is 0 Å². The molecule has 1 N–H and O–H groups in total. The zero-order valence-electron chi connectivity index (χ0n) is 11.5. The molecule has 1 aliphatic heterocycles. The van der Waals surface area contributed by atoms with Gasteiger partial charge in [-0.3, -0.25) is 19.4 Å². The lowest BCUT2D eigenvalue weighted by Crippen LogP contribution is -2.34. The highest BCUT2D eigenvalue weighted by atomic mass is 16.6. The van der Waals surface area contributed by atoms with Gasteiger partial charge in [-0.1, -0.05) is 18.2 Å². The first kappa shape index (κ1) is 14.2. The van der Waals surface area contributed by atoms with E-state index in [0.29, 0.717) is 12.3 Å². The normalized spacial score (nSPS) is 17.8. The van der Waals surface area contributed by atoms with Gasteiger partial charge in [0.1, 0.15) is 11.8 Å². The summed E-state index contributed by atoms with van der Waals surface area (Å²) in [5, 5.41) is 5.84. The molecule has 0 spiro atoms. The van der Waals surface area contributed by atoms with Crippen LogP contribution in [0.15, 0.2) is 35.4 Å². The minimum absolute atomic E-state index is 0.0307. The second-order valence-corrected chi connectivity index (χ2v) is 4.42. The Bertz CT molecular complexity index is 528. The summed E-state index contributed by atoms with van der Waals surface area (Å²) in [5.41, 5.74) is 3.38. The summed E-state index contributed by atoms with van der Waals surface area (Å²) in [7, 11) is 0. The molecule has 1 unspecified atom stereocenters. The molecular weight excluding hydrogens is 258 g/mol. The maximum absolute atomic E-state index is 11.8. The number of amides is 1. The van der Waals surface area contributed by atoms with Crippen LogP contribution in [0, 0.1) is 0 Å². The fraction of sp³-hybridized carbons (Fsp3) is 0.357. The van der Waals surface area contributed by atoms with Crippen LogP contribution in [0.5, 0.6) is 0 Å². The van der Waals surface area contributed by atoms with Gasteiger partial charge >= 0.3 is 0 Å². The first-order valence-corrected chi connectivity index (χ1v) is 6.47. The van der Waals surface area contributed by atoms with Gasteiger partial charge in [0, 0.05) is 6.42 Å². The Morgan fingerprint density at radius 2 is 2.10 bits per heavy atom. The molecule has 0 radical (unpaired) electrons. The summed E-state index contributed by atoms with van der Waals surface area (Å²) >= 11 is 0. The molecule has 0 bridgehead atoms. The molecule has 106 valence electrons. The number of anilines is 1. The number of hydroxylamine groups is 1. The van der Waals surface area contributed by atoms with Crippen LogP contribution in [0.1, 0.15) is 20.3 Å². The summed E-state index contributed by atoms with van der Waals surface area (Å²) in [4.78, 5) is 28.4. The SMILES string of the molecule is CCONC(=O)C1=NN(c2ccccc2)C(C(C)=O)C1. The molecule has 1 atom stereocenters. The lowest BCUT2D eigenvalue weighted by atomic mass is 10.1. The largest absolute Gasteiger partial charge is 0.298 e. The van der Waals surface area contributed by atoms with E-state index < -0.39 is 11.9 Å². The van der Waals surface area contributed by atoms with Crippen LogP contribution in [0.2, 0.25) is 0 Å². The number of nitrogens with one attached hydrogen (secondary N) is 1. The highest BCUT2D eigenvalue weighted by molar-refractivity contribution is 6.40. The van der Waals surface area contributed by atoms with Crippen molar-refractivity contribution in [3.05, 3.63) is 30.3 Å². The summed E-state index contributed by atoms with van der Waals surface area (Å²) in [6, 6.07) is 8.86. The van der Waals surface area contributed by atoms with E-state index >= 15 is 0 Å². The van der Waals surface area contributed by atoms with Crippen molar-refractivity contribution in [1.82, 2.24) is 5.48 Å². The van der Waals surface area contributed by atoms with Gasteiger partial charge in [0.15, 0.2) is 5.78 Å². The molecule has 2 rings (SSSR count). The van der Waals surface area contributed by atoms with Crippen LogP contribution >= 0.6 is 0 Å². The van der Waals surface area contributed by atoms with Crippen molar-refractivity contribution >= 4 is 23.1 Å². The van der Waals surface area contributed by atoms with Crippen molar-refractivity contribution in [2.24, 2.45) is 5.10 Å². The number of benzene rings is 1. The number of para-hydroxylation sites is 1. The van der Waals surface area contributed by atoms with Crippen molar-refractivity contribution in [3.63, 3.8) is 0 Å². The molecule has 20 heavy (non-hydrogen) atoms. The van der Waals surface area contributed by atoms with Crippen LogP contribution in [0.25, 0.3) is 0 Å². The van der Waals surface area contributed by atoms with Crippen LogP contribution < -0.4 is 10.5 Å². The number of nitrogens with zero attached hydrogens (tertiary/aromatic N) is 2. The van der Waals surface area contributed by atoms with Crippen molar-refractivity contribution in [2.75, 3.05) is 11.6 Å². The van der Waals surface area contributed by atoms with E-state index in [9.17, 15) is 9.59 Å². The van der Waals surface area contributed by atoms with E-state index in [1.54, 1.807) is 11.9 Å². The van der Waals surface area contributed by atoms with Gasteiger partial charge in [0.05, 0.1) is 12.3 Å². The number of carbonyl (C=O) groups excluding carboxylic acids is 2. The summed E-state index contributed by atoms with van der Waals surface area (Å²) in [6.07, 6.45) is 0.281. The average molecular weight is 275 g/mol. The first-order chi connectivity index (χ1) is 9.63. The third-order valence-corrected chi connectivity index (χ3v) is 2.97. The quantitative estimate of drug-likeness (QED) is 0.822. The molecule has 1 aromatic rings. The van der Waals surface area contributed by atoms with Crippen molar-refractivity contribution in [3.8, 4) is 0 Å². The van der Waals surface area contributed by atoms with Crippen LogP contribution in [-0.4, -0.2) is 30.1 Å². The number of rotatable bonds is 5. The van der Waals surface area contributed by atoms with Crippen LogP contribution in [-0.2, 0) is 14.4 Å². The molecule has 1 aliphatic rings. The monoisotopic (exact) mass is 275 g/mol. The molecule has 1 amide bonds. The average Bonchev–Trinajstić information content (AvgIpc) is 2.91. The standard InChI is InChI=1S/C14H17N3O3/c1-3-20-16-14(19)12-9-13(10(2)18)17(15-12)11-7-5-4-6-8-11/h4-8,13H,3,9H2,1-2H3,(H,16,19). The maximum Gasteiger partial charge on any atom is 0.291 e. The zero-order valence-corrected chi connectivity index (χ0v) is 11.5. The van der Waals surface area contributed by atoms with E-state index in [1.165, 1.54) is 6.92 Å². The Labute approximate surface area is 117 Å². The lowest BCUT2D eigenvalue weighted by Gasteiger charge is -2.20. The fourth-order valence-electron chi connectivity index (χ4n) is 1.98. The van der Waals surface area contributed by atoms with E-state index in [4.69, 9.17) is 4.84 Å². The zero-order chi connectivity index (χ0) is 14.5. The number of hydrazone groups is 1. The van der Waals surface area contributed by atoms with E-state index in [-0.39, 0.29) is 12.2 Å². The van der Waals surface area contributed by atoms with Crippen molar-refractivity contribution < 1.29 is 14.4 Å². The minimum atomic E-state index is -0.445. The van der Waals surface area contributed by atoms with Crippen LogP contribution in [0.3, 0.4) is 0 Å². The Hall–Kier alpha value is -2.21. The van der Waals surface area contributed by atoms with E-state index in [1.807, 2.05) is 30.3 Å². The maximum atomic E-state index is 11.8. The van der Waals surface area contributed by atoms with Crippen LogP contribution in [0.4, 0.5) is 5.69 Å². The molecule has 0 aliphatic carbocycles. The molecule has 6 heteroatoms. The number of hydrogen-bond acceptors (Lipinski definition) is 5. The first-order valence-electron chi connectivity index (χ1n) is 6.47. The Balaban J connectivity index is 2.21. The Kier molecular flexibility index (Phi) is 4.47. The smallest absolute Gasteiger partial charge is 0.291 e. The molecule has 0 fully saturated rings. The summed E-state index contributed by atoms with van der Waals surface area (Å²) in [6.45, 7) is 3.64. The molecule has 1 heterocycles.